The first-order chi connectivity index (χ1) is 9.13. The summed E-state index contributed by atoms with van der Waals surface area (Å²) < 4.78 is 1.16. The quantitative estimate of drug-likeness (QED) is 0.767. The van der Waals surface area contributed by atoms with E-state index in [0.29, 0.717) is 5.02 Å². The number of halogens is 2. The second-order valence-corrected chi connectivity index (χ2v) is 5.99. The average Bonchev–Trinajstić information content (AvgIpc) is 2.69. The Bertz CT molecular complexity index is 642. The van der Waals surface area contributed by atoms with E-state index in [2.05, 4.69) is 33.2 Å². The van der Waals surface area contributed by atoms with Crippen LogP contribution in [0.3, 0.4) is 0 Å². The molecule has 1 aliphatic heterocycles. The zero-order chi connectivity index (χ0) is 13.4. The summed E-state index contributed by atoms with van der Waals surface area (Å²) in [7, 11) is 0. The highest BCUT2D eigenvalue weighted by Crippen LogP contribution is 2.35. The molecule has 0 aromatic heterocycles. The van der Waals surface area contributed by atoms with Crippen LogP contribution in [0.5, 0.6) is 0 Å². The number of amides is 1. The summed E-state index contributed by atoms with van der Waals surface area (Å²) in [5.41, 5.74) is 2.61. The largest absolute Gasteiger partial charge is 0.370 e. The zero-order valence-corrected chi connectivity index (χ0v) is 12.7. The van der Waals surface area contributed by atoms with Crippen molar-refractivity contribution in [1.82, 2.24) is 0 Å². The number of hydrogen-bond donors (Lipinski definition) is 2. The molecule has 1 amide bonds. The van der Waals surface area contributed by atoms with Crippen molar-refractivity contribution < 1.29 is 4.79 Å². The molecule has 1 heterocycles. The van der Waals surface area contributed by atoms with Gasteiger partial charge in [0.1, 0.15) is 6.04 Å². The third kappa shape index (κ3) is 2.55. The zero-order valence-electron chi connectivity index (χ0n) is 9.78. The van der Waals surface area contributed by atoms with Crippen LogP contribution >= 0.6 is 34.2 Å². The minimum Gasteiger partial charge on any atom is -0.370 e. The Labute approximate surface area is 129 Å². The fourth-order valence-corrected chi connectivity index (χ4v) is 2.63. The Morgan fingerprint density at radius 3 is 2.63 bits per heavy atom. The van der Waals surface area contributed by atoms with Gasteiger partial charge in [-0.2, -0.15) is 0 Å². The van der Waals surface area contributed by atoms with E-state index in [0.717, 1.165) is 20.5 Å². The standard InChI is InChI=1S/C14H10ClIN2O/c15-8-1-6-12-11(7-8)13(14(19)18-12)17-10-4-2-9(16)3-5-10/h1-7,13,17H,(H,18,19). The van der Waals surface area contributed by atoms with Gasteiger partial charge < -0.3 is 10.6 Å². The molecule has 0 fully saturated rings. The molecule has 1 atom stereocenters. The van der Waals surface area contributed by atoms with Crippen LogP contribution in [-0.2, 0) is 4.79 Å². The molecule has 2 aromatic carbocycles. The van der Waals surface area contributed by atoms with Gasteiger partial charge in [-0.25, -0.2) is 0 Å². The average molecular weight is 385 g/mol. The van der Waals surface area contributed by atoms with Gasteiger partial charge in [-0.05, 0) is 65.1 Å². The molecular formula is C14H10ClIN2O. The van der Waals surface area contributed by atoms with Crippen molar-refractivity contribution in [1.29, 1.82) is 0 Å². The Kier molecular flexibility index (Phi) is 3.36. The molecule has 2 N–H and O–H groups in total. The van der Waals surface area contributed by atoms with Gasteiger partial charge in [-0.15, -0.1) is 0 Å². The summed E-state index contributed by atoms with van der Waals surface area (Å²) >= 11 is 8.24. The van der Waals surface area contributed by atoms with Crippen LogP contribution in [0.4, 0.5) is 11.4 Å². The molecule has 5 heteroatoms. The van der Waals surface area contributed by atoms with E-state index in [1.54, 1.807) is 6.07 Å². The lowest BCUT2D eigenvalue weighted by Crippen LogP contribution is -2.19. The molecule has 1 unspecified atom stereocenters. The van der Waals surface area contributed by atoms with Crippen molar-refractivity contribution >= 4 is 51.5 Å². The van der Waals surface area contributed by atoms with E-state index in [-0.39, 0.29) is 5.91 Å². The maximum absolute atomic E-state index is 12.0. The van der Waals surface area contributed by atoms with E-state index in [4.69, 9.17) is 11.6 Å². The van der Waals surface area contributed by atoms with Crippen molar-refractivity contribution in [2.24, 2.45) is 0 Å². The van der Waals surface area contributed by atoms with Crippen LogP contribution in [0.25, 0.3) is 0 Å². The van der Waals surface area contributed by atoms with Crippen molar-refractivity contribution in [2.45, 2.75) is 6.04 Å². The van der Waals surface area contributed by atoms with Gasteiger partial charge >= 0.3 is 0 Å². The number of hydrogen-bond acceptors (Lipinski definition) is 2. The highest BCUT2D eigenvalue weighted by atomic mass is 127. The van der Waals surface area contributed by atoms with Crippen LogP contribution in [-0.4, -0.2) is 5.91 Å². The van der Waals surface area contributed by atoms with Crippen LogP contribution in [0, 0.1) is 3.57 Å². The normalized spacial score (nSPS) is 16.9. The monoisotopic (exact) mass is 384 g/mol. The molecule has 96 valence electrons. The number of anilines is 2. The van der Waals surface area contributed by atoms with Crippen molar-refractivity contribution in [2.75, 3.05) is 10.6 Å². The second kappa shape index (κ2) is 5.02. The lowest BCUT2D eigenvalue weighted by Gasteiger charge is -2.13. The summed E-state index contributed by atoms with van der Waals surface area (Å²) in [6, 6.07) is 12.9. The number of rotatable bonds is 2. The van der Waals surface area contributed by atoms with Gasteiger partial charge in [-0.3, -0.25) is 4.79 Å². The molecular weight excluding hydrogens is 375 g/mol. The molecule has 0 radical (unpaired) electrons. The molecule has 19 heavy (non-hydrogen) atoms. The smallest absolute Gasteiger partial charge is 0.251 e. The van der Waals surface area contributed by atoms with Gasteiger partial charge in [0.05, 0.1) is 0 Å². The predicted molar refractivity (Wildman–Crippen MR) is 85.6 cm³/mol. The summed E-state index contributed by atoms with van der Waals surface area (Å²) in [5, 5.41) is 6.70. The highest BCUT2D eigenvalue weighted by Gasteiger charge is 2.30. The summed E-state index contributed by atoms with van der Waals surface area (Å²) in [6.07, 6.45) is 0. The van der Waals surface area contributed by atoms with E-state index >= 15 is 0 Å². The third-order valence-corrected chi connectivity index (χ3v) is 3.95. The fourth-order valence-electron chi connectivity index (χ4n) is 2.09. The number of carbonyl (C=O) groups is 1. The molecule has 1 aliphatic rings. The molecule has 0 saturated carbocycles. The van der Waals surface area contributed by atoms with E-state index in [9.17, 15) is 4.79 Å². The van der Waals surface area contributed by atoms with Gasteiger partial charge in [0.25, 0.3) is 5.91 Å². The first-order valence-corrected chi connectivity index (χ1v) is 7.21. The van der Waals surface area contributed by atoms with Gasteiger partial charge in [-0.1, -0.05) is 11.6 Å². The first-order valence-electron chi connectivity index (χ1n) is 5.76. The topological polar surface area (TPSA) is 41.1 Å². The van der Waals surface area contributed by atoms with Gasteiger partial charge in [0.2, 0.25) is 0 Å². The third-order valence-electron chi connectivity index (χ3n) is 3.00. The van der Waals surface area contributed by atoms with Gasteiger partial charge in [0.15, 0.2) is 0 Å². The Hall–Kier alpha value is -1.27. The van der Waals surface area contributed by atoms with Crippen molar-refractivity contribution in [3.05, 3.63) is 56.6 Å². The van der Waals surface area contributed by atoms with Gasteiger partial charge in [0, 0.05) is 25.5 Å². The van der Waals surface area contributed by atoms with Crippen LogP contribution in [0.2, 0.25) is 5.02 Å². The Morgan fingerprint density at radius 2 is 1.89 bits per heavy atom. The van der Waals surface area contributed by atoms with E-state index < -0.39 is 6.04 Å². The number of benzene rings is 2. The lowest BCUT2D eigenvalue weighted by atomic mass is 10.1. The number of nitrogens with one attached hydrogen (secondary N) is 2. The summed E-state index contributed by atoms with van der Waals surface area (Å²) in [4.78, 5) is 12.0. The predicted octanol–water partition coefficient (Wildman–Crippen LogP) is 4.05. The SMILES string of the molecule is O=C1Nc2ccc(Cl)cc2C1Nc1ccc(I)cc1. The highest BCUT2D eigenvalue weighted by molar-refractivity contribution is 14.1. The van der Waals surface area contributed by atoms with Crippen LogP contribution in [0.15, 0.2) is 42.5 Å². The van der Waals surface area contributed by atoms with Crippen LogP contribution in [0.1, 0.15) is 11.6 Å². The fraction of sp³-hybridized carbons (Fsp3) is 0.0714. The summed E-state index contributed by atoms with van der Waals surface area (Å²) in [6.45, 7) is 0. The number of carbonyl (C=O) groups excluding carboxylic acids is 1. The maximum atomic E-state index is 12.0. The molecule has 2 aromatic rings. The molecule has 0 spiro atoms. The lowest BCUT2D eigenvalue weighted by molar-refractivity contribution is -0.116. The summed E-state index contributed by atoms with van der Waals surface area (Å²) in [5.74, 6) is -0.0594. The van der Waals surface area contributed by atoms with E-state index in [1.165, 1.54) is 0 Å². The molecule has 0 saturated heterocycles. The van der Waals surface area contributed by atoms with E-state index in [1.807, 2.05) is 36.4 Å². The Morgan fingerprint density at radius 1 is 1.16 bits per heavy atom. The molecule has 3 rings (SSSR count). The number of fused-ring (bicyclic) bond motifs is 1. The van der Waals surface area contributed by atoms with Crippen LogP contribution < -0.4 is 10.6 Å². The second-order valence-electron chi connectivity index (χ2n) is 4.31. The van der Waals surface area contributed by atoms with Crippen molar-refractivity contribution in [3.63, 3.8) is 0 Å². The minimum absolute atomic E-state index is 0.0594. The first kappa shape index (κ1) is 12.7. The molecule has 3 nitrogen and oxygen atoms in total. The maximum Gasteiger partial charge on any atom is 0.251 e. The molecule has 0 bridgehead atoms. The Balaban J connectivity index is 1.91. The molecule has 0 aliphatic carbocycles. The van der Waals surface area contributed by atoms with Crippen molar-refractivity contribution in [3.8, 4) is 0 Å². The minimum atomic E-state index is -0.395.